The maximum atomic E-state index is 13.4. The molecule has 1 aliphatic carbocycles. The standard InChI is InChI=1S/C12H19FN2O3/c13-9-4-1-5-10(9)14-12(18)15-6-2-3-8(7-15)11(16)17/h8-10H,1-7H2,(H,14,18)(H,16,17)/t8?,9-,10+/m0/s1. The van der Waals surface area contributed by atoms with Gasteiger partial charge < -0.3 is 15.3 Å². The normalized spacial score (nSPS) is 32.3. The molecule has 0 bridgehead atoms. The van der Waals surface area contributed by atoms with E-state index in [9.17, 15) is 14.0 Å². The van der Waals surface area contributed by atoms with E-state index in [1.807, 2.05) is 0 Å². The molecule has 2 rings (SSSR count). The summed E-state index contributed by atoms with van der Waals surface area (Å²) in [5.41, 5.74) is 0. The first-order valence-corrected chi connectivity index (χ1v) is 6.50. The lowest BCUT2D eigenvalue weighted by molar-refractivity contribution is -0.143. The van der Waals surface area contributed by atoms with E-state index in [1.54, 1.807) is 0 Å². The number of hydrogen-bond acceptors (Lipinski definition) is 2. The number of carboxylic acid groups (broad SMARTS) is 1. The number of urea groups is 1. The molecule has 0 spiro atoms. The van der Waals surface area contributed by atoms with Crippen molar-refractivity contribution in [3.63, 3.8) is 0 Å². The minimum Gasteiger partial charge on any atom is -0.481 e. The lowest BCUT2D eigenvalue weighted by Gasteiger charge is -2.32. The van der Waals surface area contributed by atoms with E-state index in [4.69, 9.17) is 5.11 Å². The van der Waals surface area contributed by atoms with Crippen molar-refractivity contribution in [3.05, 3.63) is 0 Å². The molecular formula is C12H19FN2O3. The van der Waals surface area contributed by atoms with Crippen molar-refractivity contribution in [2.75, 3.05) is 13.1 Å². The Labute approximate surface area is 105 Å². The molecule has 0 radical (unpaired) electrons. The van der Waals surface area contributed by atoms with Gasteiger partial charge in [0.15, 0.2) is 0 Å². The third kappa shape index (κ3) is 2.91. The van der Waals surface area contributed by atoms with Crippen molar-refractivity contribution in [3.8, 4) is 0 Å². The van der Waals surface area contributed by atoms with Gasteiger partial charge >= 0.3 is 12.0 Å². The van der Waals surface area contributed by atoms with Crippen LogP contribution in [0.3, 0.4) is 0 Å². The predicted molar refractivity (Wildman–Crippen MR) is 63.0 cm³/mol. The Morgan fingerprint density at radius 1 is 1.22 bits per heavy atom. The van der Waals surface area contributed by atoms with Crippen LogP contribution < -0.4 is 5.32 Å². The predicted octanol–water partition coefficient (Wildman–Crippen LogP) is 1.38. The summed E-state index contributed by atoms with van der Waals surface area (Å²) in [4.78, 5) is 24.3. The summed E-state index contributed by atoms with van der Waals surface area (Å²) in [5.74, 6) is -1.36. The average Bonchev–Trinajstić information content (AvgIpc) is 2.75. The molecule has 3 atom stereocenters. The van der Waals surface area contributed by atoms with E-state index < -0.39 is 24.1 Å². The molecule has 1 heterocycles. The fraction of sp³-hybridized carbons (Fsp3) is 0.833. The first-order valence-electron chi connectivity index (χ1n) is 6.50. The van der Waals surface area contributed by atoms with E-state index >= 15 is 0 Å². The third-order valence-electron chi connectivity index (χ3n) is 3.80. The minimum atomic E-state index is -0.964. The summed E-state index contributed by atoms with van der Waals surface area (Å²) in [7, 11) is 0. The SMILES string of the molecule is O=C(O)C1CCCN(C(=O)N[C@@H]2CCC[C@@H]2F)C1. The third-order valence-corrected chi connectivity index (χ3v) is 3.80. The van der Waals surface area contributed by atoms with Gasteiger partial charge in [0.1, 0.15) is 6.17 Å². The number of carbonyl (C=O) groups excluding carboxylic acids is 1. The van der Waals surface area contributed by atoms with Gasteiger partial charge in [0.05, 0.1) is 12.0 Å². The molecule has 102 valence electrons. The van der Waals surface area contributed by atoms with Crippen LogP contribution in [0.2, 0.25) is 0 Å². The zero-order chi connectivity index (χ0) is 13.1. The molecule has 2 N–H and O–H groups in total. The second-order valence-electron chi connectivity index (χ2n) is 5.13. The second kappa shape index (κ2) is 5.54. The number of rotatable bonds is 2. The topological polar surface area (TPSA) is 69.6 Å². The molecule has 0 aromatic rings. The zero-order valence-corrected chi connectivity index (χ0v) is 10.3. The van der Waals surface area contributed by atoms with Crippen molar-refractivity contribution in [2.24, 2.45) is 5.92 Å². The number of nitrogens with one attached hydrogen (secondary N) is 1. The number of nitrogens with zero attached hydrogens (tertiary/aromatic N) is 1. The average molecular weight is 258 g/mol. The van der Waals surface area contributed by atoms with Gasteiger partial charge in [-0.3, -0.25) is 4.79 Å². The minimum absolute atomic E-state index is 0.227. The number of piperidine rings is 1. The number of aliphatic carboxylic acids is 1. The van der Waals surface area contributed by atoms with Crippen LogP contribution in [0.1, 0.15) is 32.1 Å². The van der Waals surface area contributed by atoms with Gasteiger partial charge in [0, 0.05) is 13.1 Å². The van der Waals surface area contributed by atoms with Crippen LogP contribution in [-0.2, 0) is 4.79 Å². The molecule has 0 aromatic carbocycles. The number of likely N-dealkylation sites (tertiary alicyclic amines) is 1. The van der Waals surface area contributed by atoms with Crippen molar-refractivity contribution < 1.29 is 19.1 Å². The van der Waals surface area contributed by atoms with Crippen LogP contribution in [0, 0.1) is 5.92 Å². The monoisotopic (exact) mass is 258 g/mol. The fourth-order valence-electron chi connectivity index (χ4n) is 2.69. The Balaban J connectivity index is 1.86. The maximum Gasteiger partial charge on any atom is 0.317 e. The van der Waals surface area contributed by atoms with Gasteiger partial charge in [-0.25, -0.2) is 9.18 Å². The van der Waals surface area contributed by atoms with Crippen LogP contribution in [0.5, 0.6) is 0 Å². The molecule has 1 saturated heterocycles. The summed E-state index contributed by atoms with van der Waals surface area (Å²) >= 11 is 0. The first-order chi connectivity index (χ1) is 8.58. The largest absolute Gasteiger partial charge is 0.481 e. The van der Waals surface area contributed by atoms with E-state index in [0.717, 1.165) is 6.42 Å². The van der Waals surface area contributed by atoms with Crippen LogP contribution in [0.15, 0.2) is 0 Å². The summed E-state index contributed by atoms with van der Waals surface area (Å²) in [6.07, 6.45) is 2.30. The Morgan fingerprint density at radius 2 is 2.00 bits per heavy atom. The summed E-state index contributed by atoms with van der Waals surface area (Å²) < 4.78 is 13.4. The second-order valence-corrected chi connectivity index (χ2v) is 5.13. The molecule has 2 aliphatic rings. The first kappa shape index (κ1) is 13.1. The smallest absolute Gasteiger partial charge is 0.317 e. The number of carboxylic acids is 1. The van der Waals surface area contributed by atoms with E-state index in [0.29, 0.717) is 32.2 Å². The Bertz CT molecular complexity index is 337. The van der Waals surface area contributed by atoms with Gasteiger partial charge in [-0.05, 0) is 32.1 Å². The van der Waals surface area contributed by atoms with Crippen molar-refractivity contribution in [1.29, 1.82) is 0 Å². The number of hydrogen-bond donors (Lipinski definition) is 2. The number of amides is 2. The van der Waals surface area contributed by atoms with Crippen molar-refractivity contribution >= 4 is 12.0 Å². The van der Waals surface area contributed by atoms with Crippen LogP contribution in [0.25, 0.3) is 0 Å². The molecule has 6 heteroatoms. The molecule has 2 fully saturated rings. The van der Waals surface area contributed by atoms with Gasteiger partial charge in [-0.15, -0.1) is 0 Å². The van der Waals surface area contributed by atoms with Gasteiger partial charge in [-0.2, -0.15) is 0 Å². The molecule has 2 amide bonds. The highest BCUT2D eigenvalue weighted by molar-refractivity contribution is 5.76. The van der Waals surface area contributed by atoms with Crippen LogP contribution in [0.4, 0.5) is 9.18 Å². The zero-order valence-electron chi connectivity index (χ0n) is 10.3. The van der Waals surface area contributed by atoms with E-state index in [1.165, 1.54) is 4.90 Å². The number of carbonyl (C=O) groups is 2. The van der Waals surface area contributed by atoms with Crippen molar-refractivity contribution in [2.45, 2.75) is 44.3 Å². The molecule has 1 unspecified atom stereocenters. The maximum absolute atomic E-state index is 13.4. The molecule has 5 nitrogen and oxygen atoms in total. The quantitative estimate of drug-likeness (QED) is 0.786. The van der Waals surface area contributed by atoms with Gasteiger partial charge in [0.25, 0.3) is 0 Å². The Hall–Kier alpha value is -1.33. The molecule has 1 aliphatic heterocycles. The molecular weight excluding hydrogens is 239 g/mol. The van der Waals surface area contributed by atoms with E-state index in [-0.39, 0.29) is 12.6 Å². The highest BCUT2D eigenvalue weighted by Crippen LogP contribution is 2.23. The van der Waals surface area contributed by atoms with Crippen LogP contribution in [-0.4, -0.2) is 47.3 Å². The van der Waals surface area contributed by atoms with Gasteiger partial charge in [-0.1, -0.05) is 0 Å². The number of alkyl halides is 1. The fourth-order valence-corrected chi connectivity index (χ4v) is 2.69. The van der Waals surface area contributed by atoms with Gasteiger partial charge in [0.2, 0.25) is 0 Å². The van der Waals surface area contributed by atoms with Crippen molar-refractivity contribution in [1.82, 2.24) is 10.2 Å². The number of halogens is 1. The Morgan fingerprint density at radius 3 is 2.61 bits per heavy atom. The highest BCUT2D eigenvalue weighted by atomic mass is 19.1. The molecule has 18 heavy (non-hydrogen) atoms. The summed E-state index contributed by atoms with van der Waals surface area (Å²) in [6.45, 7) is 0.782. The molecule has 1 saturated carbocycles. The highest BCUT2D eigenvalue weighted by Gasteiger charge is 2.32. The molecule has 0 aromatic heterocycles. The summed E-state index contributed by atoms with van der Waals surface area (Å²) in [6, 6.07) is -0.724. The Kier molecular flexibility index (Phi) is 4.04. The lowest BCUT2D eigenvalue weighted by atomic mass is 9.99. The lowest BCUT2D eigenvalue weighted by Crippen LogP contribution is -2.50. The summed E-state index contributed by atoms with van der Waals surface area (Å²) in [5, 5.41) is 11.6. The van der Waals surface area contributed by atoms with E-state index in [2.05, 4.69) is 5.32 Å². The van der Waals surface area contributed by atoms with Crippen LogP contribution >= 0.6 is 0 Å².